The Hall–Kier alpha value is -3.36. The monoisotopic (exact) mass is 552 g/mol. The van der Waals surface area contributed by atoms with E-state index in [1.165, 1.54) is 6.33 Å². The molecule has 2 aliphatic rings. The number of nitrogens with zero attached hydrogens (tertiary/aromatic N) is 4. The van der Waals surface area contributed by atoms with Crippen molar-refractivity contribution in [3.8, 4) is 23.0 Å². The number of hydrogen-bond acceptors (Lipinski definition) is 6. The van der Waals surface area contributed by atoms with Crippen LogP contribution in [0.1, 0.15) is 38.2 Å². The zero-order valence-corrected chi connectivity index (χ0v) is 22.2. The fraction of sp³-hybridized carbons (Fsp3) is 0.357. The van der Waals surface area contributed by atoms with E-state index in [9.17, 15) is 4.79 Å². The molecule has 0 aliphatic heterocycles. The molecule has 4 aromatic rings. The topological polar surface area (TPSA) is 99.4 Å². The maximum atomic E-state index is 11.0. The summed E-state index contributed by atoms with van der Waals surface area (Å²) in [5.74, 6) is 0.950. The predicted molar refractivity (Wildman–Crippen MR) is 144 cm³/mol. The molecule has 6 rings (SSSR count). The number of carboxylic acid groups (broad SMARTS) is 1. The summed E-state index contributed by atoms with van der Waals surface area (Å²) < 4.78 is 14.1. The summed E-state index contributed by atoms with van der Waals surface area (Å²) >= 11 is 13.0. The number of halogens is 2. The number of carbonyl (C=O) groups is 1. The lowest BCUT2D eigenvalue weighted by atomic mass is 9.75. The van der Waals surface area contributed by atoms with Gasteiger partial charge >= 0.3 is 5.97 Å². The minimum atomic E-state index is -0.737. The molecular weight excluding hydrogens is 527 g/mol. The van der Waals surface area contributed by atoms with Crippen molar-refractivity contribution in [2.75, 3.05) is 6.61 Å². The second-order valence-electron chi connectivity index (χ2n) is 10.4. The van der Waals surface area contributed by atoms with Gasteiger partial charge in [-0.25, -0.2) is 9.97 Å². The summed E-state index contributed by atoms with van der Waals surface area (Å²) in [5.41, 5.74) is 2.71. The van der Waals surface area contributed by atoms with Gasteiger partial charge in [0.05, 0.1) is 24.1 Å². The highest BCUT2D eigenvalue weighted by Gasteiger charge is 2.41. The SMILES string of the molecule is CC1(Oc2ncnc3c2nc(-c2ccc(OCC4CC(C(=O)O)C4)cc2Cl)n3Cc2cccc(Cl)c2)CC1. The van der Waals surface area contributed by atoms with Gasteiger partial charge in [0.15, 0.2) is 11.2 Å². The van der Waals surface area contributed by atoms with Crippen LogP contribution in [-0.2, 0) is 11.3 Å². The normalized spacial score (nSPS) is 19.7. The molecule has 8 nitrogen and oxygen atoms in total. The highest BCUT2D eigenvalue weighted by molar-refractivity contribution is 6.33. The summed E-state index contributed by atoms with van der Waals surface area (Å²) in [7, 11) is 0. The van der Waals surface area contributed by atoms with Crippen LogP contribution in [0.3, 0.4) is 0 Å². The van der Waals surface area contributed by atoms with Crippen molar-refractivity contribution in [1.29, 1.82) is 0 Å². The molecule has 0 radical (unpaired) electrons. The molecule has 0 unspecified atom stereocenters. The molecule has 2 fully saturated rings. The molecule has 196 valence electrons. The van der Waals surface area contributed by atoms with Gasteiger partial charge in [0.1, 0.15) is 23.5 Å². The van der Waals surface area contributed by atoms with Gasteiger partial charge < -0.3 is 19.1 Å². The summed E-state index contributed by atoms with van der Waals surface area (Å²) in [6.45, 7) is 2.99. The molecule has 2 aromatic carbocycles. The van der Waals surface area contributed by atoms with E-state index in [2.05, 4.69) is 16.9 Å². The highest BCUT2D eigenvalue weighted by Crippen LogP contribution is 2.41. The molecule has 0 bridgehead atoms. The van der Waals surface area contributed by atoms with Crippen LogP contribution in [0, 0.1) is 11.8 Å². The number of fused-ring (bicyclic) bond motifs is 1. The minimum Gasteiger partial charge on any atom is -0.493 e. The van der Waals surface area contributed by atoms with E-state index in [4.69, 9.17) is 42.8 Å². The molecule has 0 amide bonds. The molecule has 0 atom stereocenters. The second-order valence-corrected chi connectivity index (χ2v) is 11.2. The first kappa shape index (κ1) is 24.9. The van der Waals surface area contributed by atoms with E-state index in [1.54, 1.807) is 6.07 Å². The van der Waals surface area contributed by atoms with Gasteiger partial charge in [-0.1, -0.05) is 35.3 Å². The molecule has 38 heavy (non-hydrogen) atoms. The molecule has 0 saturated heterocycles. The van der Waals surface area contributed by atoms with Crippen molar-refractivity contribution in [2.24, 2.45) is 11.8 Å². The zero-order valence-electron chi connectivity index (χ0n) is 20.7. The van der Waals surface area contributed by atoms with Crippen LogP contribution < -0.4 is 9.47 Å². The van der Waals surface area contributed by atoms with Crippen LogP contribution in [0.15, 0.2) is 48.8 Å². The Balaban J connectivity index is 1.33. The lowest BCUT2D eigenvalue weighted by molar-refractivity contribution is -0.146. The molecule has 0 spiro atoms. The number of carboxylic acids is 1. The minimum absolute atomic E-state index is 0.222. The fourth-order valence-corrected chi connectivity index (χ4v) is 5.20. The van der Waals surface area contributed by atoms with Gasteiger partial charge in [0.2, 0.25) is 5.88 Å². The quantitative estimate of drug-likeness (QED) is 0.261. The lowest BCUT2D eigenvalue weighted by Crippen LogP contribution is -2.33. The second kappa shape index (κ2) is 9.75. The highest BCUT2D eigenvalue weighted by atomic mass is 35.5. The zero-order chi connectivity index (χ0) is 26.4. The standard InChI is InChI=1S/C28H26Cl2N4O4/c1-28(7-8-28)38-26-23-25(31-15-32-26)34(13-16-3-2-4-19(29)11-16)24(33-23)21-6-5-20(12-22(21)30)37-14-17-9-18(10-17)27(35)36/h2-6,11-12,15,17-18H,7-10,13-14H2,1H3,(H,35,36). The third-order valence-electron chi connectivity index (χ3n) is 7.28. The third-order valence-corrected chi connectivity index (χ3v) is 7.83. The van der Waals surface area contributed by atoms with E-state index in [-0.39, 0.29) is 17.4 Å². The van der Waals surface area contributed by atoms with E-state index in [0.29, 0.717) is 64.7 Å². The van der Waals surface area contributed by atoms with Crippen LogP contribution in [0.2, 0.25) is 10.0 Å². The average molecular weight is 553 g/mol. The maximum absolute atomic E-state index is 11.0. The molecule has 2 aliphatic carbocycles. The Bertz CT molecular complexity index is 1530. The summed E-state index contributed by atoms with van der Waals surface area (Å²) in [4.78, 5) is 24.9. The van der Waals surface area contributed by atoms with Crippen molar-refractivity contribution in [2.45, 2.75) is 44.8 Å². The van der Waals surface area contributed by atoms with Crippen LogP contribution in [0.4, 0.5) is 0 Å². The number of aliphatic carboxylic acids is 1. The van der Waals surface area contributed by atoms with E-state index < -0.39 is 5.97 Å². The van der Waals surface area contributed by atoms with E-state index in [0.717, 1.165) is 24.0 Å². The summed E-state index contributed by atoms with van der Waals surface area (Å²) in [6.07, 6.45) is 4.72. The lowest BCUT2D eigenvalue weighted by Gasteiger charge is -2.31. The first-order valence-corrected chi connectivity index (χ1v) is 13.3. The summed E-state index contributed by atoms with van der Waals surface area (Å²) in [6, 6.07) is 13.2. The molecule has 2 heterocycles. The van der Waals surface area contributed by atoms with Crippen molar-refractivity contribution >= 4 is 40.3 Å². The number of hydrogen-bond donors (Lipinski definition) is 1. The van der Waals surface area contributed by atoms with Gasteiger partial charge in [-0.15, -0.1) is 0 Å². The molecule has 2 aromatic heterocycles. The number of aromatic nitrogens is 4. The van der Waals surface area contributed by atoms with Gasteiger partial charge in [0.25, 0.3) is 0 Å². The van der Waals surface area contributed by atoms with Crippen LogP contribution in [-0.4, -0.2) is 42.8 Å². The smallest absolute Gasteiger partial charge is 0.306 e. The first-order chi connectivity index (χ1) is 18.3. The Morgan fingerprint density at radius 3 is 2.68 bits per heavy atom. The molecule has 10 heteroatoms. The molecular formula is C28H26Cl2N4O4. The molecule has 1 N–H and O–H groups in total. The van der Waals surface area contributed by atoms with Gasteiger partial charge in [-0.2, -0.15) is 4.98 Å². The van der Waals surface area contributed by atoms with Gasteiger partial charge in [-0.05, 0) is 74.4 Å². The Kier molecular flexibility index (Phi) is 6.40. The Morgan fingerprint density at radius 1 is 1.16 bits per heavy atom. The number of imidazole rings is 1. The van der Waals surface area contributed by atoms with E-state index in [1.807, 2.05) is 41.0 Å². The van der Waals surface area contributed by atoms with Crippen LogP contribution >= 0.6 is 23.2 Å². The fourth-order valence-electron chi connectivity index (χ4n) is 4.73. The largest absolute Gasteiger partial charge is 0.493 e. The van der Waals surface area contributed by atoms with Gasteiger partial charge in [0, 0.05) is 10.6 Å². The number of rotatable bonds is 9. The predicted octanol–water partition coefficient (Wildman–Crippen LogP) is 6.27. The Morgan fingerprint density at radius 2 is 1.97 bits per heavy atom. The maximum Gasteiger partial charge on any atom is 0.306 e. The first-order valence-electron chi connectivity index (χ1n) is 12.6. The number of ether oxygens (including phenoxy) is 2. The van der Waals surface area contributed by atoms with Gasteiger partial charge in [-0.3, -0.25) is 4.79 Å². The van der Waals surface area contributed by atoms with Crippen molar-refractivity contribution < 1.29 is 19.4 Å². The number of benzene rings is 2. The van der Waals surface area contributed by atoms with Crippen molar-refractivity contribution in [3.05, 3.63) is 64.4 Å². The van der Waals surface area contributed by atoms with Crippen LogP contribution in [0.5, 0.6) is 11.6 Å². The molecule has 2 saturated carbocycles. The van der Waals surface area contributed by atoms with E-state index >= 15 is 0 Å². The third kappa shape index (κ3) is 5.02. The average Bonchev–Trinajstić information content (AvgIpc) is 3.46. The van der Waals surface area contributed by atoms with Crippen molar-refractivity contribution in [1.82, 2.24) is 19.5 Å². The van der Waals surface area contributed by atoms with Crippen molar-refractivity contribution in [3.63, 3.8) is 0 Å². The Labute approximate surface area is 229 Å². The van der Waals surface area contributed by atoms with Crippen LogP contribution in [0.25, 0.3) is 22.6 Å². The summed E-state index contributed by atoms with van der Waals surface area (Å²) in [5, 5.41) is 10.2.